The molecule has 0 saturated carbocycles. The number of carbonyl (C=O) groups is 1. The largest absolute Gasteiger partial charge is 0.497 e. The first-order chi connectivity index (χ1) is 13.1. The Morgan fingerprint density at radius 2 is 1.81 bits per heavy atom. The summed E-state index contributed by atoms with van der Waals surface area (Å²) in [7, 11) is 3.20. The average Bonchev–Trinajstić information content (AvgIpc) is 2.95. The highest BCUT2D eigenvalue weighted by atomic mass is 16.5. The van der Waals surface area contributed by atoms with Crippen LogP contribution in [-0.4, -0.2) is 31.7 Å². The Hall–Kier alpha value is -2.69. The highest BCUT2D eigenvalue weighted by molar-refractivity contribution is 5.91. The summed E-state index contributed by atoms with van der Waals surface area (Å²) in [5.74, 6) is 1.28. The van der Waals surface area contributed by atoms with Crippen LogP contribution in [-0.2, 0) is 0 Å². The van der Waals surface area contributed by atoms with Gasteiger partial charge in [0.2, 0.25) is 0 Å². The second kappa shape index (κ2) is 8.80. The van der Waals surface area contributed by atoms with Gasteiger partial charge in [-0.1, -0.05) is 42.7 Å². The molecule has 0 unspecified atom stereocenters. The molecule has 0 spiro atoms. The Labute approximate surface area is 161 Å². The number of rotatable bonds is 4. The highest BCUT2D eigenvalue weighted by Crippen LogP contribution is 2.33. The minimum absolute atomic E-state index is 0.0917. The molecule has 0 bridgehead atoms. The summed E-state index contributed by atoms with van der Waals surface area (Å²) < 4.78 is 10.6. The lowest BCUT2D eigenvalue weighted by molar-refractivity contribution is 0.189. The zero-order valence-electron chi connectivity index (χ0n) is 16.3. The summed E-state index contributed by atoms with van der Waals surface area (Å²) in [5.41, 5.74) is 3.07. The Kier molecular flexibility index (Phi) is 6.22. The molecular weight excluding hydrogens is 340 g/mol. The number of anilines is 1. The number of methoxy groups -OCH3 is 2. The van der Waals surface area contributed by atoms with Crippen LogP contribution in [0.3, 0.4) is 0 Å². The fraction of sp³-hybridized carbons (Fsp3) is 0.409. The monoisotopic (exact) mass is 368 g/mol. The number of ether oxygens (including phenoxy) is 2. The first-order valence-corrected chi connectivity index (χ1v) is 9.48. The molecule has 2 aromatic carbocycles. The van der Waals surface area contributed by atoms with E-state index in [-0.39, 0.29) is 12.1 Å². The third-order valence-corrected chi connectivity index (χ3v) is 5.13. The Morgan fingerprint density at radius 1 is 1.04 bits per heavy atom. The molecule has 1 aliphatic rings. The molecule has 0 aromatic heterocycles. The van der Waals surface area contributed by atoms with Crippen LogP contribution >= 0.6 is 0 Å². The third-order valence-electron chi connectivity index (χ3n) is 5.13. The standard InChI is InChI=1S/C22H28N2O3/c1-16-8-10-17(11-9-16)20-7-5-4-6-14-24(20)22(25)23-19-13-12-18(26-2)15-21(19)27-3/h8-13,15,20H,4-7,14H2,1-3H3,(H,23,25)/t20-/m1/s1. The summed E-state index contributed by atoms with van der Waals surface area (Å²) in [6, 6.07) is 13.9. The smallest absolute Gasteiger partial charge is 0.322 e. The summed E-state index contributed by atoms with van der Waals surface area (Å²) in [6.45, 7) is 2.83. The van der Waals surface area contributed by atoms with E-state index >= 15 is 0 Å². The van der Waals surface area contributed by atoms with Crippen molar-refractivity contribution in [3.63, 3.8) is 0 Å². The van der Waals surface area contributed by atoms with Gasteiger partial charge in [-0.05, 0) is 37.5 Å². The van der Waals surface area contributed by atoms with Crippen LogP contribution in [0.2, 0.25) is 0 Å². The number of amides is 2. The molecule has 0 aliphatic carbocycles. The minimum atomic E-state index is -0.0917. The number of aryl methyl sites for hydroxylation is 1. The molecule has 1 fully saturated rings. The number of nitrogens with zero attached hydrogens (tertiary/aromatic N) is 1. The zero-order chi connectivity index (χ0) is 19.2. The molecule has 2 amide bonds. The molecular formula is C22H28N2O3. The van der Waals surface area contributed by atoms with Crippen LogP contribution in [0.25, 0.3) is 0 Å². The maximum absolute atomic E-state index is 13.1. The van der Waals surface area contributed by atoms with Gasteiger partial charge in [-0.3, -0.25) is 0 Å². The van der Waals surface area contributed by atoms with Crippen molar-refractivity contribution in [2.45, 2.75) is 38.6 Å². The van der Waals surface area contributed by atoms with E-state index in [1.54, 1.807) is 20.3 Å². The van der Waals surface area contributed by atoms with Gasteiger partial charge in [-0.2, -0.15) is 0 Å². The molecule has 3 rings (SSSR count). The quantitative estimate of drug-likeness (QED) is 0.811. The van der Waals surface area contributed by atoms with Gasteiger partial charge in [0.05, 0.1) is 25.9 Å². The number of likely N-dealkylation sites (tertiary alicyclic amines) is 1. The van der Waals surface area contributed by atoms with Crippen molar-refractivity contribution in [2.24, 2.45) is 0 Å². The Balaban J connectivity index is 1.83. The summed E-state index contributed by atoms with van der Waals surface area (Å²) in [5, 5.41) is 3.03. The fourth-order valence-corrected chi connectivity index (χ4v) is 3.58. The van der Waals surface area contributed by atoms with Crippen LogP contribution in [0.15, 0.2) is 42.5 Å². The number of urea groups is 1. The van der Waals surface area contributed by atoms with Gasteiger partial charge >= 0.3 is 6.03 Å². The highest BCUT2D eigenvalue weighted by Gasteiger charge is 2.27. The molecule has 1 aliphatic heterocycles. The summed E-state index contributed by atoms with van der Waals surface area (Å²) >= 11 is 0. The van der Waals surface area contributed by atoms with Crippen molar-refractivity contribution in [1.82, 2.24) is 4.90 Å². The number of benzene rings is 2. The number of nitrogens with one attached hydrogen (secondary N) is 1. The Bertz CT molecular complexity index is 774. The third kappa shape index (κ3) is 4.54. The van der Waals surface area contributed by atoms with Gasteiger partial charge < -0.3 is 19.7 Å². The van der Waals surface area contributed by atoms with Crippen molar-refractivity contribution in [2.75, 3.05) is 26.1 Å². The van der Waals surface area contributed by atoms with Gasteiger partial charge in [-0.15, -0.1) is 0 Å². The average molecular weight is 368 g/mol. The van der Waals surface area contributed by atoms with Crippen LogP contribution in [0, 0.1) is 6.92 Å². The van der Waals surface area contributed by atoms with Crippen LogP contribution in [0.4, 0.5) is 10.5 Å². The van der Waals surface area contributed by atoms with E-state index in [1.165, 1.54) is 11.1 Å². The number of hydrogen-bond donors (Lipinski definition) is 1. The second-order valence-corrected chi connectivity index (χ2v) is 6.97. The predicted molar refractivity (Wildman–Crippen MR) is 108 cm³/mol. The summed E-state index contributed by atoms with van der Waals surface area (Å²) in [6.07, 6.45) is 4.29. The first kappa shape index (κ1) is 19.1. The van der Waals surface area contributed by atoms with Gasteiger partial charge in [0.25, 0.3) is 0 Å². The lowest BCUT2D eigenvalue weighted by Gasteiger charge is -2.31. The zero-order valence-corrected chi connectivity index (χ0v) is 16.3. The number of carbonyl (C=O) groups excluding carboxylic acids is 1. The van der Waals surface area contributed by atoms with E-state index in [1.807, 2.05) is 17.0 Å². The molecule has 5 heteroatoms. The molecule has 2 aromatic rings. The lowest BCUT2D eigenvalue weighted by Crippen LogP contribution is -2.38. The predicted octanol–water partition coefficient (Wildman–Crippen LogP) is 5.16. The van der Waals surface area contributed by atoms with Crippen molar-refractivity contribution < 1.29 is 14.3 Å². The van der Waals surface area contributed by atoms with Crippen molar-refractivity contribution >= 4 is 11.7 Å². The minimum Gasteiger partial charge on any atom is -0.497 e. The SMILES string of the molecule is COc1ccc(NC(=O)N2CCCCC[C@@H]2c2ccc(C)cc2)c(OC)c1. The molecule has 27 heavy (non-hydrogen) atoms. The second-order valence-electron chi connectivity index (χ2n) is 6.97. The van der Waals surface area contributed by atoms with Crippen LogP contribution in [0.1, 0.15) is 42.9 Å². The maximum Gasteiger partial charge on any atom is 0.322 e. The van der Waals surface area contributed by atoms with Crippen molar-refractivity contribution in [1.29, 1.82) is 0 Å². The van der Waals surface area contributed by atoms with Crippen molar-refractivity contribution in [3.05, 3.63) is 53.6 Å². The normalized spacial score (nSPS) is 17.1. The van der Waals surface area contributed by atoms with Gasteiger partial charge in [0.1, 0.15) is 11.5 Å². The maximum atomic E-state index is 13.1. The first-order valence-electron chi connectivity index (χ1n) is 9.48. The van der Waals surface area contributed by atoms with Crippen LogP contribution in [0.5, 0.6) is 11.5 Å². The lowest BCUT2D eigenvalue weighted by atomic mass is 10.00. The molecule has 1 heterocycles. The molecule has 5 nitrogen and oxygen atoms in total. The van der Waals surface area contributed by atoms with Gasteiger partial charge in [0.15, 0.2) is 0 Å². The molecule has 144 valence electrons. The van der Waals surface area contributed by atoms with Crippen LogP contribution < -0.4 is 14.8 Å². The van der Waals surface area contributed by atoms with E-state index in [4.69, 9.17) is 9.47 Å². The molecule has 0 radical (unpaired) electrons. The van der Waals surface area contributed by atoms with Gasteiger partial charge in [0, 0.05) is 12.6 Å². The van der Waals surface area contributed by atoms with E-state index in [9.17, 15) is 4.79 Å². The molecule has 1 N–H and O–H groups in total. The molecule has 1 saturated heterocycles. The van der Waals surface area contributed by atoms with Gasteiger partial charge in [-0.25, -0.2) is 4.79 Å². The Morgan fingerprint density at radius 3 is 2.52 bits per heavy atom. The van der Waals surface area contributed by atoms with E-state index in [2.05, 4.69) is 36.5 Å². The van der Waals surface area contributed by atoms with E-state index in [0.29, 0.717) is 17.2 Å². The topological polar surface area (TPSA) is 50.8 Å². The van der Waals surface area contributed by atoms with Crippen molar-refractivity contribution in [3.8, 4) is 11.5 Å². The van der Waals surface area contributed by atoms with E-state index in [0.717, 1.165) is 32.2 Å². The number of hydrogen-bond acceptors (Lipinski definition) is 3. The summed E-state index contributed by atoms with van der Waals surface area (Å²) in [4.78, 5) is 15.1. The fourth-order valence-electron chi connectivity index (χ4n) is 3.58. The molecule has 1 atom stereocenters. The van der Waals surface area contributed by atoms with E-state index < -0.39 is 0 Å².